The van der Waals surface area contributed by atoms with Gasteiger partial charge in [0.15, 0.2) is 5.78 Å². The fraction of sp³-hybridized carbons (Fsp3) is 0.133. The summed E-state index contributed by atoms with van der Waals surface area (Å²) in [6, 6.07) is 9.56. The molecule has 0 aromatic heterocycles. The Morgan fingerprint density at radius 2 is 2.10 bits per heavy atom. The van der Waals surface area contributed by atoms with Crippen molar-refractivity contribution in [3.63, 3.8) is 0 Å². The van der Waals surface area contributed by atoms with Crippen LogP contribution in [0.2, 0.25) is 5.02 Å². The summed E-state index contributed by atoms with van der Waals surface area (Å²) in [5.74, 6) is -0.134. The van der Waals surface area contributed by atoms with Gasteiger partial charge in [-0.2, -0.15) is 0 Å². The Bertz CT molecular complexity index is 658. The second-order valence-corrected chi connectivity index (χ2v) is 5.40. The summed E-state index contributed by atoms with van der Waals surface area (Å²) in [6.07, 6.45) is 0.145. The zero-order valence-corrected chi connectivity index (χ0v) is 13.0. The van der Waals surface area contributed by atoms with E-state index in [1.165, 1.54) is 18.2 Å². The molecule has 0 unspecified atom stereocenters. The van der Waals surface area contributed by atoms with Gasteiger partial charge in [-0.3, -0.25) is 4.79 Å². The Morgan fingerprint density at radius 1 is 1.35 bits per heavy atom. The van der Waals surface area contributed by atoms with Crippen LogP contribution in [0.25, 0.3) is 0 Å². The smallest absolute Gasteiger partial charge is 0.168 e. The Labute approximate surface area is 129 Å². The van der Waals surface area contributed by atoms with Gasteiger partial charge in [0.2, 0.25) is 0 Å². The molecule has 2 rings (SSSR count). The second kappa shape index (κ2) is 6.37. The summed E-state index contributed by atoms with van der Waals surface area (Å²) in [4.78, 5) is 12.2. The number of ether oxygens (including phenoxy) is 1. The molecule has 0 bridgehead atoms. The van der Waals surface area contributed by atoms with Crippen LogP contribution in [0.1, 0.15) is 15.9 Å². The quantitative estimate of drug-likeness (QED) is 0.743. The Kier molecular flexibility index (Phi) is 4.78. The third kappa shape index (κ3) is 3.19. The molecule has 2 nitrogen and oxygen atoms in total. The maximum absolute atomic E-state index is 13.3. The molecule has 2 aromatic carbocycles. The number of methoxy groups -OCH3 is 1. The zero-order valence-electron chi connectivity index (χ0n) is 10.6. The van der Waals surface area contributed by atoms with E-state index < -0.39 is 5.82 Å². The minimum Gasteiger partial charge on any atom is -0.496 e. The van der Waals surface area contributed by atoms with Crippen LogP contribution in [0.15, 0.2) is 40.9 Å². The summed E-state index contributed by atoms with van der Waals surface area (Å²) < 4.78 is 19.2. The topological polar surface area (TPSA) is 26.3 Å². The lowest BCUT2D eigenvalue weighted by atomic mass is 10.0. The lowest BCUT2D eigenvalue weighted by Crippen LogP contribution is -2.05. The van der Waals surface area contributed by atoms with Crippen LogP contribution in [0.5, 0.6) is 5.75 Å². The minimum atomic E-state index is -0.589. The van der Waals surface area contributed by atoms with Gasteiger partial charge in [0.05, 0.1) is 16.6 Å². The minimum absolute atomic E-state index is 0.134. The fourth-order valence-corrected chi connectivity index (χ4v) is 2.64. The van der Waals surface area contributed by atoms with Crippen LogP contribution in [0, 0.1) is 5.82 Å². The van der Waals surface area contributed by atoms with Gasteiger partial charge in [0, 0.05) is 12.0 Å². The molecule has 0 saturated carbocycles. The van der Waals surface area contributed by atoms with E-state index in [0.29, 0.717) is 5.75 Å². The maximum Gasteiger partial charge on any atom is 0.168 e. The van der Waals surface area contributed by atoms with Crippen LogP contribution in [0.3, 0.4) is 0 Å². The summed E-state index contributed by atoms with van der Waals surface area (Å²) in [5, 5.41) is -0.134. The molecular formula is C15H11BrClFO2. The molecule has 0 aliphatic heterocycles. The molecule has 0 saturated heterocycles. The number of carbonyl (C=O) groups is 1. The van der Waals surface area contributed by atoms with Gasteiger partial charge in [-0.15, -0.1) is 0 Å². The zero-order chi connectivity index (χ0) is 14.7. The molecule has 0 aliphatic carbocycles. The number of hydrogen-bond donors (Lipinski definition) is 0. The van der Waals surface area contributed by atoms with Crippen molar-refractivity contribution in [3.8, 4) is 5.75 Å². The van der Waals surface area contributed by atoms with Gasteiger partial charge in [0.25, 0.3) is 0 Å². The third-order valence-corrected chi connectivity index (χ3v) is 3.84. The first kappa shape index (κ1) is 15.0. The van der Waals surface area contributed by atoms with Crippen LogP contribution < -0.4 is 4.74 Å². The largest absolute Gasteiger partial charge is 0.496 e. The molecule has 0 spiro atoms. The average Bonchev–Trinajstić information content (AvgIpc) is 2.42. The van der Waals surface area contributed by atoms with Crippen LogP contribution in [0.4, 0.5) is 4.39 Å². The van der Waals surface area contributed by atoms with Crippen molar-refractivity contribution in [1.82, 2.24) is 0 Å². The number of benzene rings is 2. The van der Waals surface area contributed by atoms with E-state index in [-0.39, 0.29) is 22.8 Å². The highest BCUT2D eigenvalue weighted by atomic mass is 79.9. The number of ketones is 1. The highest BCUT2D eigenvalue weighted by molar-refractivity contribution is 9.10. The summed E-state index contributed by atoms with van der Waals surface area (Å²) in [5.41, 5.74) is 0.988. The van der Waals surface area contributed by atoms with Gasteiger partial charge >= 0.3 is 0 Å². The van der Waals surface area contributed by atoms with Crippen molar-refractivity contribution in [1.29, 1.82) is 0 Å². The number of hydrogen-bond acceptors (Lipinski definition) is 2. The number of halogens is 3. The normalized spacial score (nSPS) is 10.4. The van der Waals surface area contributed by atoms with E-state index in [4.69, 9.17) is 16.3 Å². The van der Waals surface area contributed by atoms with E-state index in [0.717, 1.165) is 10.0 Å². The van der Waals surface area contributed by atoms with E-state index in [1.54, 1.807) is 25.3 Å². The summed E-state index contributed by atoms with van der Waals surface area (Å²) in [7, 11) is 1.57. The Hall–Kier alpha value is -1.39. The first-order valence-corrected chi connectivity index (χ1v) is 6.99. The number of Topliss-reactive ketones (excluding diaryl/α,β-unsaturated/α-hetero) is 1. The van der Waals surface area contributed by atoms with Crippen molar-refractivity contribution < 1.29 is 13.9 Å². The highest BCUT2D eigenvalue weighted by Gasteiger charge is 2.14. The predicted molar refractivity (Wildman–Crippen MR) is 80.1 cm³/mol. The highest BCUT2D eigenvalue weighted by Crippen LogP contribution is 2.27. The van der Waals surface area contributed by atoms with Gasteiger partial charge in [-0.1, -0.05) is 23.7 Å². The monoisotopic (exact) mass is 356 g/mol. The van der Waals surface area contributed by atoms with E-state index in [2.05, 4.69) is 15.9 Å². The lowest BCUT2D eigenvalue weighted by Gasteiger charge is -2.07. The van der Waals surface area contributed by atoms with Gasteiger partial charge < -0.3 is 4.74 Å². The van der Waals surface area contributed by atoms with Crippen molar-refractivity contribution in [2.75, 3.05) is 7.11 Å². The van der Waals surface area contributed by atoms with Crippen molar-refractivity contribution in [2.24, 2.45) is 0 Å². The third-order valence-electron chi connectivity index (χ3n) is 2.83. The molecule has 0 radical (unpaired) electrons. The number of rotatable bonds is 4. The average molecular weight is 358 g/mol. The molecule has 0 fully saturated rings. The molecule has 0 N–H and O–H groups in total. The summed E-state index contributed by atoms with van der Waals surface area (Å²) >= 11 is 9.17. The van der Waals surface area contributed by atoms with Crippen LogP contribution >= 0.6 is 27.5 Å². The van der Waals surface area contributed by atoms with Crippen molar-refractivity contribution in [2.45, 2.75) is 6.42 Å². The first-order chi connectivity index (χ1) is 9.52. The lowest BCUT2D eigenvalue weighted by molar-refractivity contribution is 0.0992. The molecule has 0 atom stereocenters. The SMILES string of the molecule is COc1ccc(CC(=O)c2cccc(F)c2Cl)cc1Br. The van der Waals surface area contributed by atoms with Crippen LogP contribution in [-0.4, -0.2) is 12.9 Å². The second-order valence-electron chi connectivity index (χ2n) is 4.17. The molecule has 20 heavy (non-hydrogen) atoms. The molecule has 2 aromatic rings. The summed E-state index contributed by atoms with van der Waals surface area (Å²) in [6.45, 7) is 0. The van der Waals surface area contributed by atoms with E-state index >= 15 is 0 Å². The Morgan fingerprint density at radius 3 is 2.75 bits per heavy atom. The molecule has 5 heteroatoms. The predicted octanol–water partition coefficient (Wildman–Crippen LogP) is 4.68. The molecule has 0 heterocycles. The molecular weight excluding hydrogens is 347 g/mol. The van der Waals surface area contributed by atoms with Gasteiger partial charge in [-0.25, -0.2) is 4.39 Å². The van der Waals surface area contributed by atoms with Crippen LogP contribution in [-0.2, 0) is 6.42 Å². The molecule has 104 valence electrons. The first-order valence-electron chi connectivity index (χ1n) is 5.82. The molecule has 0 amide bonds. The maximum atomic E-state index is 13.3. The molecule has 0 aliphatic rings. The van der Waals surface area contributed by atoms with Crippen molar-refractivity contribution >= 4 is 33.3 Å². The standard InChI is InChI=1S/C15H11BrClFO2/c1-20-14-6-5-9(7-11(14)16)8-13(19)10-3-2-4-12(18)15(10)17/h2-7H,8H2,1H3. The fourth-order valence-electron chi connectivity index (χ4n) is 1.82. The van der Waals surface area contributed by atoms with Crippen molar-refractivity contribution in [3.05, 3.63) is 62.8 Å². The van der Waals surface area contributed by atoms with Gasteiger partial charge in [-0.05, 0) is 45.8 Å². The van der Waals surface area contributed by atoms with E-state index in [9.17, 15) is 9.18 Å². The Balaban J connectivity index is 2.24. The number of carbonyl (C=O) groups excluding carboxylic acids is 1. The van der Waals surface area contributed by atoms with Gasteiger partial charge in [0.1, 0.15) is 11.6 Å². The van der Waals surface area contributed by atoms with E-state index in [1.807, 2.05) is 0 Å².